The number of hydrogen-bond acceptors (Lipinski definition) is 2. The van der Waals surface area contributed by atoms with Crippen LogP contribution in [0.4, 0.5) is 11.4 Å². The Labute approximate surface area is 142 Å². The highest BCUT2D eigenvalue weighted by Gasteiger charge is 2.13. The van der Waals surface area contributed by atoms with Crippen molar-refractivity contribution >= 4 is 56.4 Å². The average Bonchev–Trinajstić information content (AvgIpc) is 2.41. The summed E-state index contributed by atoms with van der Waals surface area (Å²) < 4.78 is 0.677. The maximum Gasteiger partial charge on any atom is 0.255 e. The SMILES string of the molecule is CN(C)c1c(Cl)cccc1NC(=O)c1ccc(Cl)c(Br)c1. The van der Waals surface area contributed by atoms with Gasteiger partial charge >= 0.3 is 0 Å². The standard InChI is InChI=1S/C15H13BrCl2N2O/c1-20(2)14-12(18)4-3-5-13(14)19-15(21)9-6-7-11(17)10(16)8-9/h3-8H,1-2H3,(H,19,21). The summed E-state index contributed by atoms with van der Waals surface area (Å²) in [5.74, 6) is -0.224. The zero-order valence-electron chi connectivity index (χ0n) is 11.5. The van der Waals surface area contributed by atoms with Gasteiger partial charge in [-0.1, -0.05) is 29.3 Å². The van der Waals surface area contributed by atoms with E-state index in [9.17, 15) is 4.79 Å². The van der Waals surface area contributed by atoms with E-state index in [-0.39, 0.29) is 5.91 Å². The van der Waals surface area contributed by atoms with Gasteiger partial charge in [-0.15, -0.1) is 0 Å². The number of nitrogens with zero attached hydrogens (tertiary/aromatic N) is 1. The molecule has 6 heteroatoms. The summed E-state index contributed by atoms with van der Waals surface area (Å²) in [5, 5.41) is 4.00. The fraction of sp³-hybridized carbons (Fsp3) is 0.133. The van der Waals surface area contributed by atoms with Crippen LogP contribution in [-0.4, -0.2) is 20.0 Å². The van der Waals surface area contributed by atoms with Gasteiger partial charge in [0.2, 0.25) is 0 Å². The summed E-state index contributed by atoms with van der Waals surface area (Å²) in [6.07, 6.45) is 0. The molecule has 3 nitrogen and oxygen atoms in total. The first-order valence-electron chi connectivity index (χ1n) is 6.12. The maximum absolute atomic E-state index is 12.3. The van der Waals surface area contributed by atoms with Gasteiger partial charge in [-0.2, -0.15) is 0 Å². The summed E-state index contributed by atoms with van der Waals surface area (Å²) in [4.78, 5) is 14.2. The zero-order valence-corrected chi connectivity index (χ0v) is 14.6. The predicted molar refractivity (Wildman–Crippen MR) is 92.9 cm³/mol. The van der Waals surface area contributed by atoms with Gasteiger partial charge < -0.3 is 10.2 Å². The van der Waals surface area contributed by atoms with E-state index in [4.69, 9.17) is 23.2 Å². The minimum absolute atomic E-state index is 0.224. The van der Waals surface area contributed by atoms with Crippen molar-refractivity contribution in [3.8, 4) is 0 Å². The van der Waals surface area contributed by atoms with Crippen LogP contribution < -0.4 is 10.2 Å². The zero-order chi connectivity index (χ0) is 15.6. The Hall–Kier alpha value is -1.23. The molecule has 2 aromatic carbocycles. The minimum Gasteiger partial charge on any atom is -0.375 e. The largest absolute Gasteiger partial charge is 0.375 e. The Morgan fingerprint density at radius 2 is 1.86 bits per heavy atom. The summed E-state index contributed by atoms with van der Waals surface area (Å²) >= 11 is 15.4. The van der Waals surface area contributed by atoms with Gasteiger partial charge in [0.1, 0.15) is 0 Å². The van der Waals surface area contributed by atoms with Crippen molar-refractivity contribution in [2.75, 3.05) is 24.3 Å². The van der Waals surface area contributed by atoms with E-state index in [0.29, 0.717) is 25.8 Å². The molecule has 0 aliphatic heterocycles. The van der Waals surface area contributed by atoms with Crippen molar-refractivity contribution in [3.05, 3.63) is 56.5 Å². The highest BCUT2D eigenvalue weighted by molar-refractivity contribution is 9.10. The molecule has 0 unspecified atom stereocenters. The van der Waals surface area contributed by atoms with Gasteiger partial charge in [0.05, 0.1) is 21.4 Å². The first-order chi connectivity index (χ1) is 9.90. The lowest BCUT2D eigenvalue weighted by atomic mass is 10.2. The lowest BCUT2D eigenvalue weighted by molar-refractivity contribution is 0.102. The van der Waals surface area contributed by atoms with Crippen molar-refractivity contribution in [2.45, 2.75) is 0 Å². The number of rotatable bonds is 3. The molecule has 2 rings (SSSR count). The molecule has 1 amide bonds. The second-order valence-electron chi connectivity index (χ2n) is 4.61. The Morgan fingerprint density at radius 1 is 1.14 bits per heavy atom. The Bertz CT molecular complexity index is 689. The third-order valence-corrected chi connectivity index (χ3v) is 4.38. The minimum atomic E-state index is -0.224. The molecule has 0 radical (unpaired) electrons. The van der Waals surface area contributed by atoms with Crippen LogP contribution in [0.25, 0.3) is 0 Å². The number of amides is 1. The van der Waals surface area contributed by atoms with E-state index in [1.165, 1.54) is 0 Å². The van der Waals surface area contributed by atoms with E-state index in [1.54, 1.807) is 30.3 Å². The van der Waals surface area contributed by atoms with Gasteiger partial charge in [0, 0.05) is 24.1 Å². The molecule has 0 aliphatic rings. The number of carbonyl (C=O) groups is 1. The smallest absolute Gasteiger partial charge is 0.255 e. The molecule has 0 spiro atoms. The first-order valence-corrected chi connectivity index (χ1v) is 7.67. The van der Waals surface area contributed by atoms with E-state index in [2.05, 4.69) is 21.2 Å². The van der Waals surface area contributed by atoms with Crippen molar-refractivity contribution in [1.29, 1.82) is 0 Å². The third kappa shape index (κ3) is 3.70. The number of nitrogens with one attached hydrogen (secondary N) is 1. The highest BCUT2D eigenvalue weighted by Crippen LogP contribution is 2.33. The van der Waals surface area contributed by atoms with Crippen molar-refractivity contribution < 1.29 is 4.79 Å². The van der Waals surface area contributed by atoms with Crippen molar-refractivity contribution in [1.82, 2.24) is 0 Å². The second kappa shape index (κ2) is 6.69. The summed E-state index contributed by atoms with van der Waals surface area (Å²) in [5.41, 5.74) is 1.93. The van der Waals surface area contributed by atoms with E-state index >= 15 is 0 Å². The van der Waals surface area contributed by atoms with Crippen LogP contribution in [0, 0.1) is 0 Å². The quantitative estimate of drug-likeness (QED) is 0.796. The molecule has 0 aliphatic carbocycles. The highest BCUT2D eigenvalue weighted by atomic mass is 79.9. The van der Waals surface area contributed by atoms with E-state index in [1.807, 2.05) is 25.1 Å². The van der Waals surface area contributed by atoms with Crippen LogP contribution in [0.1, 0.15) is 10.4 Å². The molecule has 110 valence electrons. The van der Waals surface area contributed by atoms with Crippen LogP contribution in [0.5, 0.6) is 0 Å². The van der Waals surface area contributed by atoms with Crippen molar-refractivity contribution in [2.24, 2.45) is 0 Å². The van der Waals surface area contributed by atoms with Crippen LogP contribution in [0.3, 0.4) is 0 Å². The van der Waals surface area contributed by atoms with Crippen LogP contribution in [-0.2, 0) is 0 Å². The first kappa shape index (κ1) is 16.1. The number of para-hydroxylation sites is 1. The number of benzene rings is 2. The molecule has 0 saturated heterocycles. The fourth-order valence-electron chi connectivity index (χ4n) is 1.90. The Balaban J connectivity index is 2.31. The molecule has 1 N–H and O–H groups in total. The van der Waals surface area contributed by atoms with Crippen molar-refractivity contribution in [3.63, 3.8) is 0 Å². The van der Waals surface area contributed by atoms with Gasteiger partial charge in [0.25, 0.3) is 5.91 Å². The van der Waals surface area contributed by atoms with Crippen LogP contribution in [0.15, 0.2) is 40.9 Å². The number of anilines is 2. The molecule has 0 atom stereocenters. The third-order valence-electron chi connectivity index (χ3n) is 2.86. The molecule has 0 aromatic heterocycles. The molecule has 0 fully saturated rings. The van der Waals surface area contributed by atoms with Gasteiger partial charge in [0.15, 0.2) is 0 Å². The summed E-state index contributed by atoms with van der Waals surface area (Å²) in [6.45, 7) is 0. The lowest BCUT2D eigenvalue weighted by Crippen LogP contribution is -2.17. The molecule has 0 bridgehead atoms. The van der Waals surface area contributed by atoms with E-state index < -0.39 is 0 Å². The number of halogens is 3. The van der Waals surface area contributed by atoms with Gasteiger partial charge in [-0.05, 0) is 46.3 Å². The molecule has 0 heterocycles. The summed E-state index contributed by atoms with van der Waals surface area (Å²) in [7, 11) is 3.74. The number of hydrogen-bond donors (Lipinski definition) is 1. The maximum atomic E-state index is 12.3. The Kier molecular flexibility index (Phi) is 5.14. The second-order valence-corrected chi connectivity index (χ2v) is 6.28. The molecular formula is C15H13BrCl2N2O. The lowest BCUT2D eigenvalue weighted by Gasteiger charge is -2.19. The van der Waals surface area contributed by atoms with E-state index in [0.717, 1.165) is 5.69 Å². The molecule has 2 aromatic rings. The summed E-state index contributed by atoms with van der Waals surface area (Å²) in [6, 6.07) is 10.4. The van der Waals surface area contributed by atoms with Gasteiger partial charge in [-0.3, -0.25) is 4.79 Å². The Morgan fingerprint density at radius 3 is 2.48 bits per heavy atom. The fourth-order valence-corrected chi connectivity index (χ4v) is 2.74. The molecule has 0 saturated carbocycles. The normalized spacial score (nSPS) is 10.3. The van der Waals surface area contributed by atoms with Gasteiger partial charge in [-0.25, -0.2) is 0 Å². The molecular weight excluding hydrogens is 375 g/mol. The van der Waals surface area contributed by atoms with Crippen LogP contribution >= 0.6 is 39.1 Å². The predicted octanol–water partition coefficient (Wildman–Crippen LogP) is 5.07. The molecule has 21 heavy (non-hydrogen) atoms. The topological polar surface area (TPSA) is 32.3 Å². The average molecular weight is 388 g/mol. The number of carbonyl (C=O) groups excluding carboxylic acids is 1. The monoisotopic (exact) mass is 386 g/mol. The van der Waals surface area contributed by atoms with Crippen LogP contribution in [0.2, 0.25) is 10.0 Å².